The first-order valence-corrected chi connectivity index (χ1v) is 11.4. The monoisotopic (exact) mass is 474 g/mol. The first-order valence-electron chi connectivity index (χ1n) is 9.51. The van der Waals surface area contributed by atoms with Crippen LogP contribution in [-0.2, 0) is 11.1 Å². The Labute approximate surface area is 187 Å². The molecule has 4 aromatic rings. The third kappa shape index (κ3) is 4.53. The van der Waals surface area contributed by atoms with Crippen molar-refractivity contribution < 1.29 is 23.7 Å². The Morgan fingerprint density at radius 1 is 1.12 bits per heavy atom. The van der Waals surface area contributed by atoms with E-state index in [9.17, 15) is 19.1 Å². The second-order valence-corrected chi connectivity index (χ2v) is 8.78. The summed E-state index contributed by atoms with van der Waals surface area (Å²) in [4.78, 5) is 45.4. The molecule has 0 saturated heterocycles. The molecule has 0 spiro atoms. The number of nitrogens with one attached hydrogen (secondary N) is 3. The minimum Gasteiger partial charge on any atom is -0.807 e. The van der Waals surface area contributed by atoms with Gasteiger partial charge < -0.3 is 24.4 Å². The van der Waals surface area contributed by atoms with Gasteiger partial charge in [-0.25, -0.2) is 9.55 Å². The zero-order valence-electron chi connectivity index (χ0n) is 16.8. The van der Waals surface area contributed by atoms with Crippen LogP contribution >= 0.6 is 19.2 Å². The van der Waals surface area contributed by atoms with E-state index in [0.29, 0.717) is 33.3 Å². The lowest BCUT2D eigenvalue weighted by molar-refractivity contribution is -0.661. The Bertz CT molecular complexity index is 1360. The summed E-state index contributed by atoms with van der Waals surface area (Å²) in [7, 11) is -3.24. The number of aromatic nitrogens is 4. The topological polar surface area (TPSA) is 150 Å². The lowest BCUT2D eigenvalue weighted by Crippen LogP contribution is -2.41. The smallest absolute Gasteiger partial charge is 0.304 e. The molecule has 0 fully saturated rings. The van der Waals surface area contributed by atoms with Crippen LogP contribution in [0.25, 0.3) is 22.6 Å². The number of fused-ring (bicyclic) bond motifs is 1. The number of benzene rings is 2. The summed E-state index contributed by atoms with van der Waals surface area (Å²) in [6, 6.07) is 12.3. The molecule has 0 atom stereocenters. The number of imidazole rings is 1. The van der Waals surface area contributed by atoms with E-state index in [1.807, 2.05) is 0 Å². The molecule has 2 heterocycles. The van der Waals surface area contributed by atoms with Crippen molar-refractivity contribution >= 4 is 41.6 Å². The molecule has 32 heavy (non-hydrogen) atoms. The zero-order chi connectivity index (χ0) is 22.9. The molecule has 2 aromatic carbocycles. The van der Waals surface area contributed by atoms with Gasteiger partial charge >= 0.3 is 5.56 Å². The van der Waals surface area contributed by atoms with Crippen LogP contribution in [0.5, 0.6) is 5.75 Å². The minimum atomic E-state index is -4.87. The molecule has 0 aliphatic heterocycles. The fourth-order valence-corrected chi connectivity index (χ4v) is 3.89. The number of hydrogen-bond donors (Lipinski definition) is 3. The number of hydrogen-bond acceptors (Lipinski definition) is 7. The Hall–Kier alpha value is -3.17. The molecule has 0 unspecified atom stereocenters. The van der Waals surface area contributed by atoms with Crippen LogP contribution in [-0.4, -0.2) is 28.6 Å². The van der Waals surface area contributed by atoms with Crippen molar-refractivity contribution in [2.24, 2.45) is 0 Å². The van der Waals surface area contributed by atoms with E-state index in [1.165, 1.54) is 24.3 Å². The van der Waals surface area contributed by atoms with Crippen molar-refractivity contribution in [3.05, 3.63) is 63.9 Å². The van der Waals surface area contributed by atoms with E-state index < -0.39 is 7.60 Å². The number of nitrogens with zero attached hydrogens (tertiary/aromatic N) is 2. The third-order valence-electron chi connectivity index (χ3n) is 4.76. The Morgan fingerprint density at radius 2 is 1.81 bits per heavy atom. The number of halogens is 1. The van der Waals surface area contributed by atoms with Gasteiger partial charge in [-0.3, -0.25) is 9.78 Å². The van der Waals surface area contributed by atoms with Crippen molar-refractivity contribution in [3.63, 3.8) is 0 Å². The highest BCUT2D eigenvalue weighted by molar-refractivity contribution is 7.57. The van der Waals surface area contributed by atoms with Crippen LogP contribution in [0.3, 0.4) is 0 Å². The molecule has 0 bridgehead atoms. The maximum atomic E-state index is 12.7. The molecule has 12 heteroatoms. The Kier molecular flexibility index (Phi) is 6.03. The van der Waals surface area contributed by atoms with Crippen LogP contribution in [0, 0.1) is 0 Å². The van der Waals surface area contributed by atoms with E-state index in [4.69, 9.17) is 16.3 Å². The van der Waals surface area contributed by atoms with Gasteiger partial charge in [0.05, 0.1) is 5.56 Å². The summed E-state index contributed by atoms with van der Waals surface area (Å²) < 4.78 is 18.7. The third-order valence-corrected chi connectivity index (χ3v) is 5.95. The summed E-state index contributed by atoms with van der Waals surface area (Å²) >= 11 is 5.89. The van der Waals surface area contributed by atoms with Gasteiger partial charge in [0.2, 0.25) is 5.95 Å². The number of H-pyrrole nitrogens is 2. The Balaban J connectivity index is 1.73. The van der Waals surface area contributed by atoms with Gasteiger partial charge in [0.25, 0.3) is 17.0 Å². The first kappa shape index (κ1) is 22.0. The highest BCUT2D eigenvalue weighted by Gasteiger charge is 2.25. The van der Waals surface area contributed by atoms with Gasteiger partial charge in [0, 0.05) is 12.1 Å². The van der Waals surface area contributed by atoms with Gasteiger partial charge in [-0.05, 0) is 49.3 Å². The highest BCUT2D eigenvalue weighted by atomic mass is 35.5. The highest BCUT2D eigenvalue weighted by Crippen LogP contribution is 2.24. The lowest BCUT2D eigenvalue weighted by atomic mass is 10.2. The van der Waals surface area contributed by atoms with Gasteiger partial charge in [-0.1, -0.05) is 23.7 Å². The molecule has 0 saturated carbocycles. The van der Waals surface area contributed by atoms with E-state index >= 15 is 0 Å². The van der Waals surface area contributed by atoms with Crippen molar-refractivity contribution in [3.8, 4) is 17.1 Å². The largest absolute Gasteiger partial charge is 0.807 e. The Morgan fingerprint density at radius 3 is 2.44 bits per heavy atom. The molecule has 10 nitrogen and oxygen atoms in total. The maximum Gasteiger partial charge on any atom is 0.304 e. The van der Waals surface area contributed by atoms with Gasteiger partial charge in [0.1, 0.15) is 18.9 Å². The van der Waals surface area contributed by atoms with Crippen LogP contribution in [0.1, 0.15) is 0 Å². The maximum absolute atomic E-state index is 12.7. The average molecular weight is 475 g/mol. The van der Waals surface area contributed by atoms with Crippen LogP contribution in [0.15, 0.2) is 53.3 Å². The lowest BCUT2D eigenvalue weighted by Gasteiger charge is -2.29. The SMILES string of the molecule is CNc1nc2[nH]c(-c3ccc(P(=O)([O-])[O-])cc3)[n+](CCOc3ccc(Cl)cc3)c2c(=O)[nH]1. The number of aromatic amines is 2. The van der Waals surface area contributed by atoms with Crippen molar-refractivity contribution in [2.75, 3.05) is 19.0 Å². The average Bonchev–Trinajstić information content (AvgIpc) is 3.13. The molecule has 166 valence electrons. The molecular weight excluding hydrogens is 457 g/mol. The molecule has 2 aromatic heterocycles. The van der Waals surface area contributed by atoms with Crippen molar-refractivity contribution in [1.29, 1.82) is 0 Å². The molecule has 0 radical (unpaired) electrons. The molecule has 3 N–H and O–H groups in total. The fourth-order valence-electron chi connectivity index (χ4n) is 3.25. The molecule has 0 amide bonds. The minimum absolute atomic E-state index is 0.230. The van der Waals surface area contributed by atoms with Crippen LogP contribution in [0.2, 0.25) is 5.02 Å². The second-order valence-electron chi connectivity index (χ2n) is 6.83. The quantitative estimate of drug-likeness (QED) is 0.261. The summed E-state index contributed by atoms with van der Waals surface area (Å²) in [6.45, 7) is 0.513. The molecule has 4 rings (SSSR count). The normalized spacial score (nSPS) is 11.6. The van der Waals surface area contributed by atoms with E-state index in [0.717, 1.165) is 0 Å². The predicted molar refractivity (Wildman–Crippen MR) is 116 cm³/mol. The zero-order valence-corrected chi connectivity index (χ0v) is 18.4. The van der Waals surface area contributed by atoms with Crippen LogP contribution < -0.4 is 35.3 Å². The van der Waals surface area contributed by atoms with Gasteiger partial charge in [-0.15, -0.1) is 0 Å². The van der Waals surface area contributed by atoms with E-state index in [-0.39, 0.29) is 30.0 Å². The van der Waals surface area contributed by atoms with E-state index in [2.05, 4.69) is 20.3 Å². The second kappa shape index (κ2) is 8.76. The predicted octanol–water partition coefficient (Wildman–Crippen LogP) is 0.519. The molecule has 0 aliphatic rings. The first-order chi connectivity index (χ1) is 15.3. The summed E-state index contributed by atoms with van der Waals surface area (Å²) in [5.41, 5.74) is 0.828. The standard InChI is InChI=1S/C20H19ClN5O5P/c1-22-20-24-17-16(19(27)25-20)26(10-11-31-14-6-4-13(21)5-7-14)18(23-17)12-2-8-15(9-3-12)32(28,29)30/h2-9H,10-11H2,1H3,(H4,22,24,25,27,28,29,30)/p-1. The number of anilines is 1. The molecular formula is C20H18ClN5O5P-. The van der Waals surface area contributed by atoms with Crippen molar-refractivity contribution in [1.82, 2.24) is 15.0 Å². The molecule has 0 aliphatic carbocycles. The van der Waals surface area contributed by atoms with Gasteiger partial charge in [-0.2, -0.15) is 4.98 Å². The van der Waals surface area contributed by atoms with E-state index in [1.54, 1.807) is 35.9 Å². The fraction of sp³-hybridized carbons (Fsp3) is 0.150. The van der Waals surface area contributed by atoms with Crippen LogP contribution in [0.4, 0.5) is 5.95 Å². The summed E-state index contributed by atoms with van der Waals surface area (Å²) in [5.74, 6) is 1.41. The number of ether oxygens (including phenoxy) is 1. The summed E-state index contributed by atoms with van der Waals surface area (Å²) in [5, 5.41) is 3.06. The summed E-state index contributed by atoms with van der Waals surface area (Å²) in [6.07, 6.45) is 0. The number of rotatable bonds is 7. The van der Waals surface area contributed by atoms with Crippen molar-refractivity contribution in [2.45, 2.75) is 6.54 Å². The van der Waals surface area contributed by atoms with Gasteiger partial charge in [0.15, 0.2) is 0 Å².